The number of hydrogen-bond acceptors (Lipinski definition) is 3. The van der Waals surface area contributed by atoms with Crippen LogP contribution in [0.5, 0.6) is 5.75 Å². The van der Waals surface area contributed by atoms with Crippen LogP contribution in [0.2, 0.25) is 0 Å². The van der Waals surface area contributed by atoms with Crippen LogP contribution in [0.4, 0.5) is 5.69 Å². The number of fused-ring (bicyclic) bond motifs is 1. The monoisotopic (exact) mass is 228 g/mol. The first-order valence-electron chi connectivity index (χ1n) is 5.58. The maximum Gasteiger partial charge on any atom is 0.151 e. The second-order valence-corrected chi connectivity index (χ2v) is 4.35. The molecule has 2 aromatic rings. The van der Waals surface area contributed by atoms with Crippen LogP contribution >= 0.6 is 0 Å². The van der Waals surface area contributed by atoms with Gasteiger partial charge in [0.2, 0.25) is 0 Å². The first kappa shape index (κ1) is 11.6. The number of rotatable bonds is 1. The lowest BCUT2D eigenvalue weighted by Crippen LogP contribution is -1.85. The smallest absolute Gasteiger partial charge is 0.151 e. The van der Waals surface area contributed by atoms with Crippen molar-refractivity contribution < 1.29 is 5.11 Å². The lowest BCUT2D eigenvalue weighted by molar-refractivity contribution is 0.482. The van der Waals surface area contributed by atoms with Crippen LogP contribution in [0.25, 0.3) is 10.8 Å². The largest absolute Gasteiger partial charge is 0.505 e. The average molecular weight is 228 g/mol. The van der Waals surface area contributed by atoms with Crippen LogP contribution in [0.15, 0.2) is 28.4 Å². The van der Waals surface area contributed by atoms with Gasteiger partial charge in [-0.3, -0.25) is 0 Å². The molecule has 2 aromatic carbocycles. The summed E-state index contributed by atoms with van der Waals surface area (Å²) in [6.07, 6.45) is 0. The first-order valence-corrected chi connectivity index (χ1v) is 5.58. The molecular weight excluding hydrogens is 212 g/mol. The number of aryl methyl sites for hydroxylation is 3. The van der Waals surface area contributed by atoms with Gasteiger partial charge in [0, 0.05) is 12.4 Å². The summed E-state index contributed by atoms with van der Waals surface area (Å²) >= 11 is 0. The Morgan fingerprint density at radius 2 is 1.53 bits per heavy atom. The molecule has 0 aliphatic heterocycles. The number of benzene rings is 2. The van der Waals surface area contributed by atoms with E-state index in [9.17, 15) is 5.11 Å². The Labute approximate surface area is 101 Å². The van der Waals surface area contributed by atoms with E-state index in [2.05, 4.69) is 23.2 Å². The topological polar surface area (TPSA) is 45.0 Å². The van der Waals surface area contributed by atoms with Crippen LogP contribution in [-0.4, -0.2) is 12.2 Å². The van der Waals surface area contributed by atoms with Gasteiger partial charge in [-0.2, -0.15) is 10.2 Å². The minimum absolute atomic E-state index is 0.216. The average Bonchev–Trinajstić information content (AvgIpc) is 2.28. The van der Waals surface area contributed by atoms with E-state index in [1.807, 2.05) is 26.0 Å². The van der Waals surface area contributed by atoms with Gasteiger partial charge < -0.3 is 5.11 Å². The Hall–Kier alpha value is -1.90. The molecule has 3 heteroatoms. The van der Waals surface area contributed by atoms with Crippen molar-refractivity contribution >= 4 is 16.5 Å². The Kier molecular flexibility index (Phi) is 2.84. The third kappa shape index (κ3) is 1.88. The number of phenolic OH excluding ortho intramolecular Hbond substituents is 1. The number of aromatic hydroxyl groups is 1. The van der Waals surface area contributed by atoms with Crippen molar-refractivity contribution in [2.45, 2.75) is 20.8 Å². The lowest BCUT2D eigenvalue weighted by atomic mass is 9.99. The Morgan fingerprint density at radius 3 is 2.18 bits per heavy atom. The Balaban J connectivity index is 2.87. The molecule has 0 aliphatic rings. The summed E-state index contributed by atoms with van der Waals surface area (Å²) in [5, 5.41) is 19.8. The maximum absolute atomic E-state index is 10.2. The van der Waals surface area contributed by atoms with Crippen molar-refractivity contribution in [3.63, 3.8) is 0 Å². The zero-order valence-corrected chi connectivity index (χ0v) is 10.6. The third-order valence-corrected chi connectivity index (χ3v) is 3.09. The van der Waals surface area contributed by atoms with Gasteiger partial charge in [0.15, 0.2) is 5.75 Å². The highest BCUT2D eigenvalue weighted by Gasteiger charge is 2.10. The van der Waals surface area contributed by atoms with Crippen molar-refractivity contribution in [2.75, 3.05) is 7.05 Å². The molecule has 0 heterocycles. The quantitative estimate of drug-likeness (QED) is 0.731. The predicted octanol–water partition coefficient (Wildman–Crippen LogP) is 4.18. The minimum Gasteiger partial charge on any atom is -0.505 e. The van der Waals surface area contributed by atoms with Crippen LogP contribution < -0.4 is 0 Å². The predicted molar refractivity (Wildman–Crippen MR) is 70.3 cm³/mol. The summed E-state index contributed by atoms with van der Waals surface area (Å²) in [4.78, 5) is 0. The molecule has 0 aromatic heterocycles. The van der Waals surface area contributed by atoms with Crippen molar-refractivity contribution in [2.24, 2.45) is 10.2 Å². The highest BCUT2D eigenvalue weighted by molar-refractivity contribution is 5.94. The van der Waals surface area contributed by atoms with Crippen LogP contribution in [-0.2, 0) is 0 Å². The molecule has 0 saturated heterocycles. The normalized spacial score (nSPS) is 11.5. The summed E-state index contributed by atoms with van der Waals surface area (Å²) in [6.45, 7) is 6.04. The maximum atomic E-state index is 10.2. The fourth-order valence-electron chi connectivity index (χ4n) is 2.01. The van der Waals surface area contributed by atoms with E-state index in [0.29, 0.717) is 5.69 Å². The molecule has 2 rings (SSSR count). The molecule has 0 saturated carbocycles. The molecule has 88 valence electrons. The van der Waals surface area contributed by atoms with E-state index >= 15 is 0 Å². The summed E-state index contributed by atoms with van der Waals surface area (Å²) in [7, 11) is 1.60. The van der Waals surface area contributed by atoms with Gasteiger partial charge in [0.1, 0.15) is 5.69 Å². The molecule has 0 spiro atoms. The second kappa shape index (κ2) is 4.17. The van der Waals surface area contributed by atoms with Crippen LogP contribution in [0, 0.1) is 20.8 Å². The Bertz CT molecular complexity index is 615. The number of phenols is 1. The number of nitrogens with zero attached hydrogens (tertiary/aromatic N) is 2. The van der Waals surface area contributed by atoms with Gasteiger partial charge in [-0.25, -0.2) is 0 Å². The van der Waals surface area contributed by atoms with Gasteiger partial charge in [-0.15, -0.1) is 0 Å². The fraction of sp³-hybridized carbons (Fsp3) is 0.286. The zero-order chi connectivity index (χ0) is 12.6. The third-order valence-electron chi connectivity index (χ3n) is 3.09. The molecule has 0 aliphatic carbocycles. The van der Waals surface area contributed by atoms with Gasteiger partial charge in [0.25, 0.3) is 0 Å². The SMILES string of the molecule is CN=Nc1c(C)cc2cc(C)c(C)cc2c1O. The van der Waals surface area contributed by atoms with Crippen LogP contribution in [0.3, 0.4) is 0 Å². The number of azo groups is 1. The van der Waals surface area contributed by atoms with Crippen molar-refractivity contribution in [1.82, 2.24) is 0 Å². The molecule has 0 unspecified atom stereocenters. The molecule has 3 nitrogen and oxygen atoms in total. The van der Waals surface area contributed by atoms with Gasteiger partial charge in [-0.05, 0) is 55.0 Å². The highest BCUT2D eigenvalue weighted by atomic mass is 16.3. The molecular formula is C14H16N2O. The van der Waals surface area contributed by atoms with E-state index < -0.39 is 0 Å². The van der Waals surface area contributed by atoms with E-state index in [1.54, 1.807) is 7.05 Å². The standard InChI is InChI=1S/C14H16N2O/c1-8-5-11-6-10(3)13(16-15-4)14(17)12(11)7-9(8)2/h5-7,17H,1-4H3. The molecule has 0 bridgehead atoms. The minimum atomic E-state index is 0.216. The second-order valence-electron chi connectivity index (χ2n) is 4.35. The number of hydrogen-bond donors (Lipinski definition) is 1. The summed E-state index contributed by atoms with van der Waals surface area (Å²) in [6, 6.07) is 6.11. The van der Waals surface area contributed by atoms with E-state index in [-0.39, 0.29) is 5.75 Å². The first-order chi connectivity index (χ1) is 8.04. The van der Waals surface area contributed by atoms with Crippen molar-refractivity contribution in [1.29, 1.82) is 0 Å². The summed E-state index contributed by atoms with van der Waals surface area (Å²) in [5.41, 5.74) is 3.88. The molecule has 0 amide bonds. The van der Waals surface area contributed by atoms with Gasteiger partial charge in [-0.1, -0.05) is 6.07 Å². The van der Waals surface area contributed by atoms with E-state index in [1.165, 1.54) is 5.56 Å². The van der Waals surface area contributed by atoms with Crippen molar-refractivity contribution in [3.8, 4) is 5.75 Å². The Morgan fingerprint density at radius 1 is 0.941 bits per heavy atom. The highest BCUT2D eigenvalue weighted by Crippen LogP contribution is 2.38. The van der Waals surface area contributed by atoms with Crippen molar-refractivity contribution in [3.05, 3.63) is 34.9 Å². The summed E-state index contributed by atoms with van der Waals surface area (Å²) in [5.74, 6) is 0.216. The summed E-state index contributed by atoms with van der Waals surface area (Å²) < 4.78 is 0. The fourth-order valence-corrected chi connectivity index (χ4v) is 2.01. The molecule has 0 fully saturated rings. The lowest BCUT2D eigenvalue weighted by Gasteiger charge is -2.09. The molecule has 17 heavy (non-hydrogen) atoms. The molecule has 0 radical (unpaired) electrons. The zero-order valence-electron chi connectivity index (χ0n) is 10.6. The van der Waals surface area contributed by atoms with Gasteiger partial charge in [0.05, 0.1) is 0 Å². The van der Waals surface area contributed by atoms with E-state index in [4.69, 9.17) is 0 Å². The van der Waals surface area contributed by atoms with E-state index in [0.717, 1.165) is 21.9 Å². The van der Waals surface area contributed by atoms with Crippen LogP contribution in [0.1, 0.15) is 16.7 Å². The molecule has 1 N–H and O–H groups in total. The van der Waals surface area contributed by atoms with Gasteiger partial charge >= 0.3 is 0 Å². The molecule has 0 atom stereocenters.